The summed E-state index contributed by atoms with van der Waals surface area (Å²) in [6.45, 7) is 3.65. The van der Waals surface area contributed by atoms with Gasteiger partial charge in [0.15, 0.2) is 0 Å². The summed E-state index contributed by atoms with van der Waals surface area (Å²) in [4.78, 5) is 22.5. The first-order valence-corrected chi connectivity index (χ1v) is 4.50. The molecule has 0 fully saturated rings. The SMILES string of the molecule is CCOC(=O)C1CC=CC1C(C)=O. The number of hydrogen-bond acceptors (Lipinski definition) is 3. The lowest BCUT2D eigenvalue weighted by molar-refractivity contribution is -0.150. The summed E-state index contributed by atoms with van der Waals surface area (Å²) in [6.07, 6.45) is 4.29. The van der Waals surface area contributed by atoms with Crippen molar-refractivity contribution in [2.45, 2.75) is 20.3 Å². The van der Waals surface area contributed by atoms with Crippen LogP contribution in [0.1, 0.15) is 20.3 Å². The summed E-state index contributed by atoms with van der Waals surface area (Å²) in [6, 6.07) is 0. The minimum Gasteiger partial charge on any atom is -0.466 e. The first-order valence-electron chi connectivity index (χ1n) is 4.50. The Hall–Kier alpha value is -1.12. The molecule has 0 amide bonds. The fraction of sp³-hybridized carbons (Fsp3) is 0.600. The molecule has 1 rings (SSSR count). The number of ether oxygens (including phenoxy) is 1. The highest BCUT2D eigenvalue weighted by molar-refractivity contribution is 5.87. The van der Waals surface area contributed by atoms with E-state index in [-0.39, 0.29) is 23.6 Å². The van der Waals surface area contributed by atoms with Crippen molar-refractivity contribution < 1.29 is 14.3 Å². The normalized spacial score (nSPS) is 26.0. The van der Waals surface area contributed by atoms with Crippen molar-refractivity contribution in [2.75, 3.05) is 6.61 Å². The number of allylic oxidation sites excluding steroid dienone is 2. The van der Waals surface area contributed by atoms with Crippen molar-refractivity contribution in [3.8, 4) is 0 Å². The van der Waals surface area contributed by atoms with E-state index in [2.05, 4.69) is 0 Å². The molecule has 0 saturated carbocycles. The van der Waals surface area contributed by atoms with Crippen molar-refractivity contribution in [3.63, 3.8) is 0 Å². The summed E-state index contributed by atoms with van der Waals surface area (Å²) in [7, 11) is 0. The molecule has 0 N–H and O–H groups in total. The Kier molecular flexibility index (Phi) is 3.23. The lowest BCUT2D eigenvalue weighted by Crippen LogP contribution is -2.25. The van der Waals surface area contributed by atoms with Crippen LogP contribution in [0.3, 0.4) is 0 Å². The molecule has 2 atom stereocenters. The molecule has 0 aromatic heterocycles. The zero-order chi connectivity index (χ0) is 9.84. The number of rotatable bonds is 3. The van der Waals surface area contributed by atoms with Crippen LogP contribution in [0.5, 0.6) is 0 Å². The van der Waals surface area contributed by atoms with E-state index in [4.69, 9.17) is 4.74 Å². The van der Waals surface area contributed by atoms with Crippen LogP contribution >= 0.6 is 0 Å². The average molecular weight is 182 g/mol. The van der Waals surface area contributed by atoms with Crippen LogP contribution in [0, 0.1) is 11.8 Å². The van der Waals surface area contributed by atoms with Gasteiger partial charge in [0.25, 0.3) is 0 Å². The highest BCUT2D eigenvalue weighted by atomic mass is 16.5. The minimum absolute atomic E-state index is 0.0341. The molecular weight excluding hydrogens is 168 g/mol. The molecular formula is C10H14O3. The molecule has 1 aliphatic carbocycles. The average Bonchev–Trinajstić information content (AvgIpc) is 2.52. The molecule has 0 aromatic carbocycles. The molecule has 0 bridgehead atoms. The van der Waals surface area contributed by atoms with Gasteiger partial charge in [0.2, 0.25) is 0 Å². The van der Waals surface area contributed by atoms with Gasteiger partial charge < -0.3 is 4.74 Å². The van der Waals surface area contributed by atoms with Crippen LogP contribution in [0.4, 0.5) is 0 Å². The van der Waals surface area contributed by atoms with Gasteiger partial charge in [0, 0.05) is 5.92 Å². The van der Waals surface area contributed by atoms with Crippen LogP contribution in [0.15, 0.2) is 12.2 Å². The monoisotopic (exact) mass is 182 g/mol. The third-order valence-electron chi connectivity index (χ3n) is 2.23. The van der Waals surface area contributed by atoms with Crippen molar-refractivity contribution in [3.05, 3.63) is 12.2 Å². The van der Waals surface area contributed by atoms with Gasteiger partial charge in [-0.05, 0) is 20.3 Å². The van der Waals surface area contributed by atoms with Crippen LogP contribution in [0.25, 0.3) is 0 Å². The molecule has 13 heavy (non-hydrogen) atoms. The van der Waals surface area contributed by atoms with E-state index in [0.29, 0.717) is 13.0 Å². The molecule has 0 saturated heterocycles. The van der Waals surface area contributed by atoms with Crippen LogP contribution in [-0.2, 0) is 14.3 Å². The standard InChI is InChI=1S/C10H14O3/c1-3-13-10(12)9-6-4-5-8(9)7(2)11/h4-5,8-9H,3,6H2,1-2H3. The van der Waals surface area contributed by atoms with E-state index >= 15 is 0 Å². The highest BCUT2D eigenvalue weighted by Gasteiger charge is 2.33. The van der Waals surface area contributed by atoms with Gasteiger partial charge in [-0.2, -0.15) is 0 Å². The Balaban J connectivity index is 2.61. The summed E-state index contributed by atoms with van der Waals surface area (Å²) in [5.41, 5.74) is 0. The Labute approximate surface area is 77.8 Å². The Bertz CT molecular complexity index is 243. The zero-order valence-electron chi connectivity index (χ0n) is 7.95. The summed E-state index contributed by atoms with van der Waals surface area (Å²) in [5.74, 6) is -0.768. The number of carbonyl (C=O) groups excluding carboxylic acids is 2. The number of carbonyl (C=O) groups is 2. The number of Topliss-reactive ketones (excluding diaryl/α,β-unsaturated/α-hetero) is 1. The van der Waals surface area contributed by atoms with Crippen molar-refractivity contribution in [1.82, 2.24) is 0 Å². The summed E-state index contributed by atoms with van der Waals surface area (Å²) < 4.78 is 4.88. The molecule has 2 unspecified atom stereocenters. The van der Waals surface area contributed by atoms with Gasteiger partial charge in [-0.15, -0.1) is 0 Å². The van der Waals surface area contributed by atoms with E-state index in [9.17, 15) is 9.59 Å². The number of ketones is 1. The lowest BCUT2D eigenvalue weighted by atomic mass is 9.92. The topological polar surface area (TPSA) is 43.4 Å². The first kappa shape index (κ1) is 9.96. The Morgan fingerprint density at radius 2 is 2.23 bits per heavy atom. The van der Waals surface area contributed by atoms with Crippen LogP contribution in [0.2, 0.25) is 0 Å². The van der Waals surface area contributed by atoms with Crippen LogP contribution < -0.4 is 0 Å². The smallest absolute Gasteiger partial charge is 0.310 e. The molecule has 0 heterocycles. The van der Waals surface area contributed by atoms with Crippen molar-refractivity contribution in [1.29, 1.82) is 0 Å². The van der Waals surface area contributed by atoms with Crippen LogP contribution in [-0.4, -0.2) is 18.4 Å². The van der Waals surface area contributed by atoms with Gasteiger partial charge in [-0.3, -0.25) is 9.59 Å². The molecule has 0 aliphatic heterocycles. The summed E-state index contributed by atoms with van der Waals surface area (Å²) in [5, 5.41) is 0. The van der Waals surface area contributed by atoms with E-state index < -0.39 is 0 Å². The minimum atomic E-state index is -0.280. The third kappa shape index (κ3) is 2.17. The second-order valence-electron chi connectivity index (χ2n) is 3.16. The predicted molar refractivity (Wildman–Crippen MR) is 48.1 cm³/mol. The molecule has 0 spiro atoms. The van der Waals surface area contributed by atoms with Crippen molar-refractivity contribution >= 4 is 11.8 Å². The lowest BCUT2D eigenvalue weighted by Gasteiger charge is -2.14. The summed E-state index contributed by atoms with van der Waals surface area (Å²) >= 11 is 0. The largest absolute Gasteiger partial charge is 0.466 e. The maximum Gasteiger partial charge on any atom is 0.310 e. The molecule has 0 aromatic rings. The predicted octanol–water partition coefficient (Wildman–Crippen LogP) is 1.33. The zero-order valence-corrected chi connectivity index (χ0v) is 7.95. The third-order valence-corrected chi connectivity index (χ3v) is 2.23. The van der Waals surface area contributed by atoms with Gasteiger partial charge in [0.05, 0.1) is 12.5 Å². The van der Waals surface area contributed by atoms with Gasteiger partial charge in [0.1, 0.15) is 5.78 Å². The fourth-order valence-corrected chi connectivity index (χ4v) is 1.56. The van der Waals surface area contributed by atoms with E-state index in [0.717, 1.165) is 0 Å². The van der Waals surface area contributed by atoms with E-state index in [1.807, 2.05) is 6.08 Å². The Morgan fingerprint density at radius 1 is 1.54 bits per heavy atom. The number of esters is 1. The molecule has 1 aliphatic rings. The van der Waals surface area contributed by atoms with E-state index in [1.165, 1.54) is 6.92 Å². The van der Waals surface area contributed by atoms with Crippen molar-refractivity contribution in [2.24, 2.45) is 11.8 Å². The highest BCUT2D eigenvalue weighted by Crippen LogP contribution is 2.27. The van der Waals surface area contributed by atoms with Gasteiger partial charge >= 0.3 is 5.97 Å². The fourth-order valence-electron chi connectivity index (χ4n) is 1.56. The second-order valence-corrected chi connectivity index (χ2v) is 3.16. The maximum absolute atomic E-state index is 11.3. The van der Waals surface area contributed by atoms with Gasteiger partial charge in [-0.1, -0.05) is 12.2 Å². The molecule has 3 heteroatoms. The second kappa shape index (κ2) is 4.21. The maximum atomic E-state index is 11.3. The van der Waals surface area contributed by atoms with Gasteiger partial charge in [-0.25, -0.2) is 0 Å². The Morgan fingerprint density at radius 3 is 2.77 bits per heavy atom. The molecule has 0 radical (unpaired) electrons. The quantitative estimate of drug-likeness (QED) is 0.488. The molecule has 72 valence electrons. The first-order chi connectivity index (χ1) is 6.16. The number of hydrogen-bond donors (Lipinski definition) is 0. The van der Waals surface area contributed by atoms with E-state index in [1.54, 1.807) is 13.0 Å². The molecule has 3 nitrogen and oxygen atoms in total.